The molecule has 0 nitrogen and oxygen atoms in total. The molecule has 2 atom stereocenters. The second kappa shape index (κ2) is 7.47. The largest absolute Gasteiger partial charge is 0.0807 e. The molecule has 0 heteroatoms. The van der Waals surface area contributed by atoms with Gasteiger partial charge in [0, 0.05) is 0 Å². The van der Waals surface area contributed by atoms with Gasteiger partial charge < -0.3 is 0 Å². The normalized spacial score (nSPS) is 37.7. The van der Waals surface area contributed by atoms with Crippen molar-refractivity contribution in [3.63, 3.8) is 0 Å². The molecule has 2 fully saturated rings. The van der Waals surface area contributed by atoms with E-state index in [0.717, 1.165) is 30.1 Å². The summed E-state index contributed by atoms with van der Waals surface area (Å²) in [6.45, 7) is 2.46. The first kappa shape index (κ1) is 15.1. The van der Waals surface area contributed by atoms with Gasteiger partial charge in [-0.05, 0) is 67.8 Å². The molecule has 3 aliphatic rings. The van der Waals surface area contributed by atoms with Gasteiger partial charge in [-0.3, -0.25) is 0 Å². The van der Waals surface area contributed by atoms with E-state index in [0.29, 0.717) is 0 Å². The Morgan fingerprint density at radius 2 is 1.57 bits per heavy atom. The molecule has 0 aromatic carbocycles. The van der Waals surface area contributed by atoms with Crippen LogP contribution in [0.5, 0.6) is 0 Å². The van der Waals surface area contributed by atoms with Gasteiger partial charge in [0.25, 0.3) is 0 Å². The molecule has 0 saturated heterocycles. The second-order valence-electron chi connectivity index (χ2n) is 7.72. The molecule has 0 heterocycles. The number of allylic oxidation sites excluding steroid dienone is 6. The molecule has 0 spiro atoms. The summed E-state index contributed by atoms with van der Waals surface area (Å²) in [5, 5.41) is 0. The van der Waals surface area contributed by atoms with Gasteiger partial charge in [0.1, 0.15) is 0 Å². The monoisotopic (exact) mass is 284 g/mol. The van der Waals surface area contributed by atoms with E-state index in [-0.39, 0.29) is 0 Å². The predicted molar refractivity (Wildman–Crippen MR) is 92.2 cm³/mol. The van der Waals surface area contributed by atoms with E-state index >= 15 is 0 Å². The van der Waals surface area contributed by atoms with Crippen LogP contribution in [0.2, 0.25) is 0 Å². The molecule has 0 aromatic heterocycles. The van der Waals surface area contributed by atoms with Crippen LogP contribution in [0, 0.1) is 23.7 Å². The predicted octanol–water partition coefficient (Wildman–Crippen LogP) is 6.45. The minimum atomic E-state index is 0.838. The van der Waals surface area contributed by atoms with Gasteiger partial charge >= 0.3 is 0 Å². The summed E-state index contributed by atoms with van der Waals surface area (Å²) < 4.78 is 0. The van der Waals surface area contributed by atoms with E-state index in [1.54, 1.807) is 5.57 Å². The van der Waals surface area contributed by atoms with Crippen LogP contribution in [0.1, 0.15) is 71.1 Å². The topological polar surface area (TPSA) is 0 Å². The minimum absolute atomic E-state index is 0.838. The van der Waals surface area contributed by atoms with Gasteiger partial charge in [-0.2, -0.15) is 0 Å². The highest BCUT2D eigenvalue weighted by molar-refractivity contribution is 5.29. The summed E-state index contributed by atoms with van der Waals surface area (Å²) in [6, 6.07) is 0. The van der Waals surface area contributed by atoms with Gasteiger partial charge in [0.2, 0.25) is 0 Å². The van der Waals surface area contributed by atoms with Crippen molar-refractivity contribution in [2.24, 2.45) is 23.7 Å². The summed E-state index contributed by atoms with van der Waals surface area (Å²) in [4.78, 5) is 0. The molecule has 0 aromatic rings. The molecule has 116 valence electrons. The van der Waals surface area contributed by atoms with Crippen molar-refractivity contribution in [1.29, 1.82) is 0 Å². The highest BCUT2D eigenvalue weighted by Crippen LogP contribution is 2.42. The van der Waals surface area contributed by atoms with Gasteiger partial charge in [-0.1, -0.05) is 63.0 Å². The smallest absolute Gasteiger partial charge is 0.0162 e. The average Bonchev–Trinajstić information content (AvgIpc) is 2.90. The Kier molecular flexibility index (Phi) is 5.38. The fourth-order valence-corrected chi connectivity index (χ4v) is 4.78. The maximum Gasteiger partial charge on any atom is -0.0162 e. The summed E-state index contributed by atoms with van der Waals surface area (Å²) in [5.74, 6) is 3.91. The molecule has 21 heavy (non-hydrogen) atoms. The van der Waals surface area contributed by atoms with Gasteiger partial charge in [-0.25, -0.2) is 0 Å². The van der Waals surface area contributed by atoms with Crippen LogP contribution in [0.4, 0.5) is 0 Å². The molecular formula is C21H32. The van der Waals surface area contributed by atoms with Crippen molar-refractivity contribution in [2.75, 3.05) is 0 Å². The lowest BCUT2D eigenvalue weighted by Gasteiger charge is -2.34. The first-order chi connectivity index (χ1) is 10.3. The molecule has 0 N–H and O–H groups in total. The fraction of sp³-hybridized carbons (Fsp3) is 0.714. The Labute approximate surface area is 131 Å². The lowest BCUT2D eigenvalue weighted by Crippen LogP contribution is -2.22. The van der Waals surface area contributed by atoms with Crippen LogP contribution in [0.25, 0.3) is 0 Å². The Morgan fingerprint density at radius 3 is 2.43 bits per heavy atom. The van der Waals surface area contributed by atoms with Gasteiger partial charge in [0.05, 0.1) is 0 Å². The summed E-state index contributed by atoms with van der Waals surface area (Å²) >= 11 is 0. The van der Waals surface area contributed by atoms with Crippen molar-refractivity contribution in [1.82, 2.24) is 0 Å². The molecule has 0 aliphatic heterocycles. The van der Waals surface area contributed by atoms with Crippen LogP contribution >= 0.6 is 0 Å². The first-order valence-electron chi connectivity index (χ1n) is 9.36. The van der Waals surface area contributed by atoms with Crippen LogP contribution in [-0.4, -0.2) is 0 Å². The summed E-state index contributed by atoms with van der Waals surface area (Å²) in [5.41, 5.74) is 1.59. The average molecular weight is 284 g/mol. The zero-order chi connectivity index (χ0) is 14.5. The van der Waals surface area contributed by atoms with Crippen LogP contribution in [-0.2, 0) is 0 Å². The Bertz CT molecular complexity index is 404. The molecule has 2 saturated carbocycles. The van der Waals surface area contributed by atoms with Gasteiger partial charge in [0.15, 0.2) is 0 Å². The molecule has 3 aliphatic carbocycles. The molecular weight excluding hydrogens is 252 g/mol. The SMILES string of the molecule is CC1CCCC(C2CCC(C3=CC=CCC=C3)CC2)CC1. The molecule has 2 unspecified atom stereocenters. The molecule has 0 radical (unpaired) electrons. The minimum Gasteiger partial charge on any atom is -0.0807 e. The third-order valence-electron chi connectivity index (χ3n) is 6.22. The number of hydrogen-bond acceptors (Lipinski definition) is 0. The lowest BCUT2D eigenvalue weighted by atomic mass is 9.71. The van der Waals surface area contributed by atoms with Crippen molar-refractivity contribution in [3.8, 4) is 0 Å². The zero-order valence-electron chi connectivity index (χ0n) is 13.8. The second-order valence-corrected chi connectivity index (χ2v) is 7.72. The van der Waals surface area contributed by atoms with Crippen molar-refractivity contribution in [3.05, 3.63) is 36.0 Å². The van der Waals surface area contributed by atoms with E-state index in [4.69, 9.17) is 0 Å². The Morgan fingerprint density at radius 1 is 0.810 bits per heavy atom. The molecule has 0 bridgehead atoms. The highest BCUT2D eigenvalue weighted by Gasteiger charge is 2.29. The lowest BCUT2D eigenvalue weighted by molar-refractivity contribution is 0.202. The molecule has 0 amide bonds. The van der Waals surface area contributed by atoms with Crippen LogP contribution in [0.3, 0.4) is 0 Å². The maximum absolute atomic E-state index is 2.46. The number of hydrogen-bond donors (Lipinski definition) is 0. The van der Waals surface area contributed by atoms with Crippen molar-refractivity contribution >= 4 is 0 Å². The number of rotatable bonds is 2. The summed E-state index contributed by atoms with van der Waals surface area (Å²) in [7, 11) is 0. The van der Waals surface area contributed by atoms with Crippen molar-refractivity contribution < 1.29 is 0 Å². The van der Waals surface area contributed by atoms with Crippen molar-refractivity contribution in [2.45, 2.75) is 71.1 Å². The Hall–Kier alpha value is -0.780. The Balaban J connectivity index is 1.53. The van der Waals surface area contributed by atoms with E-state index in [9.17, 15) is 0 Å². The first-order valence-corrected chi connectivity index (χ1v) is 9.36. The van der Waals surface area contributed by atoms with E-state index in [1.165, 1.54) is 57.8 Å². The van der Waals surface area contributed by atoms with Crippen LogP contribution < -0.4 is 0 Å². The van der Waals surface area contributed by atoms with E-state index in [1.807, 2.05) is 0 Å². The van der Waals surface area contributed by atoms with Crippen LogP contribution in [0.15, 0.2) is 36.0 Å². The zero-order valence-corrected chi connectivity index (χ0v) is 13.8. The van der Waals surface area contributed by atoms with Gasteiger partial charge in [-0.15, -0.1) is 0 Å². The standard InChI is InChI=1S/C21H32/c1-17-7-6-10-19(12-11-17)21-15-13-20(14-16-21)18-8-4-2-3-5-9-18/h2,4-5,8-9,17,19-21H,3,6-7,10-16H2,1H3. The highest BCUT2D eigenvalue weighted by atomic mass is 14.3. The fourth-order valence-electron chi connectivity index (χ4n) is 4.78. The maximum atomic E-state index is 2.46. The van der Waals surface area contributed by atoms with E-state index in [2.05, 4.69) is 37.3 Å². The van der Waals surface area contributed by atoms with E-state index < -0.39 is 0 Å². The third-order valence-corrected chi connectivity index (χ3v) is 6.22. The quantitative estimate of drug-likeness (QED) is 0.511. The third kappa shape index (κ3) is 4.11. The molecule has 3 rings (SSSR count). The summed E-state index contributed by atoms with van der Waals surface area (Å²) in [6.07, 6.45) is 26.0.